The van der Waals surface area contributed by atoms with E-state index in [-0.39, 0.29) is 11.9 Å². The molecule has 0 aliphatic carbocycles. The number of nitrogens with zero attached hydrogens (tertiary/aromatic N) is 3. The van der Waals surface area contributed by atoms with Crippen LogP contribution in [-0.4, -0.2) is 14.8 Å². The molecule has 0 spiro atoms. The molecule has 1 heterocycles. The standard InChI is InChI=1S/C11H13FN4S/c1-7(13)10-8(12)4-3-5-9(10)17-11-14-6-15-16(11)2/h3-7H,13H2,1-2H3. The van der Waals surface area contributed by atoms with Crippen LogP contribution in [0, 0.1) is 5.82 Å². The van der Waals surface area contributed by atoms with Gasteiger partial charge in [0, 0.05) is 23.5 Å². The molecule has 0 fully saturated rings. The van der Waals surface area contributed by atoms with Crippen LogP contribution in [0.2, 0.25) is 0 Å². The normalized spacial score (nSPS) is 12.7. The van der Waals surface area contributed by atoms with Crippen molar-refractivity contribution in [1.29, 1.82) is 0 Å². The fourth-order valence-electron chi connectivity index (χ4n) is 1.52. The topological polar surface area (TPSA) is 56.7 Å². The molecule has 2 N–H and O–H groups in total. The molecule has 0 aliphatic heterocycles. The van der Waals surface area contributed by atoms with Crippen LogP contribution in [0.5, 0.6) is 0 Å². The summed E-state index contributed by atoms with van der Waals surface area (Å²) in [7, 11) is 1.79. The first-order chi connectivity index (χ1) is 8.09. The Hall–Kier alpha value is -1.40. The van der Waals surface area contributed by atoms with E-state index < -0.39 is 0 Å². The average Bonchev–Trinajstić information content (AvgIpc) is 2.64. The Kier molecular flexibility index (Phi) is 3.44. The Labute approximate surface area is 103 Å². The second-order valence-corrected chi connectivity index (χ2v) is 4.72. The maximum atomic E-state index is 13.7. The van der Waals surface area contributed by atoms with Crippen LogP contribution in [0.4, 0.5) is 4.39 Å². The lowest BCUT2D eigenvalue weighted by atomic mass is 10.1. The van der Waals surface area contributed by atoms with Crippen molar-refractivity contribution in [2.24, 2.45) is 12.8 Å². The number of aryl methyl sites for hydroxylation is 1. The lowest BCUT2D eigenvalue weighted by molar-refractivity contribution is 0.585. The van der Waals surface area contributed by atoms with E-state index in [9.17, 15) is 4.39 Å². The van der Waals surface area contributed by atoms with E-state index >= 15 is 0 Å². The van der Waals surface area contributed by atoms with Crippen LogP contribution >= 0.6 is 11.8 Å². The zero-order chi connectivity index (χ0) is 12.4. The SMILES string of the molecule is CC(N)c1c(F)cccc1Sc1ncnn1C. The monoisotopic (exact) mass is 252 g/mol. The maximum absolute atomic E-state index is 13.7. The molecule has 0 amide bonds. The molecule has 2 rings (SSSR count). The highest BCUT2D eigenvalue weighted by molar-refractivity contribution is 7.99. The van der Waals surface area contributed by atoms with Crippen LogP contribution in [0.1, 0.15) is 18.5 Å². The van der Waals surface area contributed by atoms with E-state index in [1.165, 1.54) is 24.2 Å². The molecule has 0 aliphatic rings. The van der Waals surface area contributed by atoms with Gasteiger partial charge in [-0.25, -0.2) is 14.1 Å². The Balaban J connectivity index is 2.39. The fraction of sp³-hybridized carbons (Fsp3) is 0.273. The zero-order valence-electron chi connectivity index (χ0n) is 9.59. The minimum atomic E-state index is -0.355. The summed E-state index contributed by atoms with van der Waals surface area (Å²) in [4.78, 5) is 4.87. The first-order valence-corrected chi connectivity index (χ1v) is 5.97. The number of aromatic nitrogens is 3. The van der Waals surface area contributed by atoms with E-state index in [1.54, 1.807) is 24.7 Å². The summed E-state index contributed by atoms with van der Waals surface area (Å²) in [5.74, 6) is -0.285. The molecular formula is C11H13FN4S. The fourth-order valence-corrected chi connectivity index (χ4v) is 2.54. The summed E-state index contributed by atoms with van der Waals surface area (Å²) in [6, 6.07) is 4.56. The summed E-state index contributed by atoms with van der Waals surface area (Å²) in [6.45, 7) is 1.76. The van der Waals surface area contributed by atoms with Crippen molar-refractivity contribution in [3.63, 3.8) is 0 Å². The van der Waals surface area contributed by atoms with Crippen molar-refractivity contribution in [1.82, 2.24) is 14.8 Å². The minimum absolute atomic E-state index is 0.285. The summed E-state index contributed by atoms with van der Waals surface area (Å²) < 4.78 is 15.3. The molecule has 1 aromatic carbocycles. The third kappa shape index (κ3) is 2.48. The van der Waals surface area contributed by atoms with Gasteiger partial charge in [-0.15, -0.1) is 0 Å². The van der Waals surface area contributed by atoms with Gasteiger partial charge in [0.25, 0.3) is 0 Å². The summed E-state index contributed by atoms with van der Waals surface area (Å²) >= 11 is 1.36. The van der Waals surface area contributed by atoms with Crippen LogP contribution in [-0.2, 0) is 7.05 Å². The van der Waals surface area contributed by atoms with E-state index in [1.807, 2.05) is 6.07 Å². The molecule has 1 atom stereocenters. The van der Waals surface area contributed by atoms with Gasteiger partial charge < -0.3 is 5.73 Å². The first-order valence-electron chi connectivity index (χ1n) is 5.15. The van der Waals surface area contributed by atoms with Crippen molar-refractivity contribution in [2.75, 3.05) is 0 Å². The van der Waals surface area contributed by atoms with E-state index in [2.05, 4.69) is 10.1 Å². The smallest absolute Gasteiger partial charge is 0.190 e. The zero-order valence-corrected chi connectivity index (χ0v) is 10.4. The Bertz CT molecular complexity index is 524. The van der Waals surface area contributed by atoms with Gasteiger partial charge in [0.05, 0.1) is 0 Å². The van der Waals surface area contributed by atoms with Gasteiger partial charge in [0.15, 0.2) is 5.16 Å². The van der Waals surface area contributed by atoms with Gasteiger partial charge in [-0.1, -0.05) is 6.07 Å². The summed E-state index contributed by atoms with van der Waals surface area (Å²) in [6.07, 6.45) is 1.47. The highest BCUT2D eigenvalue weighted by atomic mass is 32.2. The van der Waals surface area contributed by atoms with Crippen LogP contribution in [0.25, 0.3) is 0 Å². The number of hydrogen-bond acceptors (Lipinski definition) is 4. The van der Waals surface area contributed by atoms with Gasteiger partial charge in [-0.3, -0.25) is 0 Å². The number of rotatable bonds is 3. The number of halogens is 1. The molecule has 2 aromatic rings. The summed E-state index contributed by atoms with van der Waals surface area (Å²) in [5, 5.41) is 4.68. The van der Waals surface area contributed by atoms with Gasteiger partial charge >= 0.3 is 0 Å². The van der Waals surface area contributed by atoms with Gasteiger partial charge in [-0.05, 0) is 30.8 Å². The van der Waals surface area contributed by atoms with E-state index in [0.29, 0.717) is 10.7 Å². The lowest BCUT2D eigenvalue weighted by Crippen LogP contribution is -2.09. The molecule has 1 aromatic heterocycles. The number of benzene rings is 1. The molecule has 0 saturated heterocycles. The van der Waals surface area contributed by atoms with Gasteiger partial charge in [0.2, 0.25) is 0 Å². The van der Waals surface area contributed by atoms with Crippen molar-refractivity contribution >= 4 is 11.8 Å². The largest absolute Gasteiger partial charge is 0.324 e. The molecular weight excluding hydrogens is 239 g/mol. The van der Waals surface area contributed by atoms with Crippen molar-refractivity contribution < 1.29 is 4.39 Å². The molecule has 17 heavy (non-hydrogen) atoms. The molecule has 0 radical (unpaired) electrons. The highest BCUT2D eigenvalue weighted by Gasteiger charge is 2.15. The van der Waals surface area contributed by atoms with Crippen LogP contribution in [0.15, 0.2) is 34.6 Å². The molecule has 0 bridgehead atoms. The average molecular weight is 252 g/mol. The van der Waals surface area contributed by atoms with Gasteiger partial charge in [-0.2, -0.15) is 5.10 Å². The lowest BCUT2D eigenvalue weighted by Gasteiger charge is -2.12. The third-order valence-electron chi connectivity index (χ3n) is 2.34. The highest BCUT2D eigenvalue weighted by Crippen LogP contribution is 2.32. The predicted octanol–water partition coefficient (Wildman–Crippen LogP) is 2.13. The van der Waals surface area contributed by atoms with E-state index in [4.69, 9.17) is 5.73 Å². The van der Waals surface area contributed by atoms with Crippen molar-refractivity contribution in [2.45, 2.75) is 23.0 Å². The molecule has 90 valence electrons. The quantitative estimate of drug-likeness (QED) is 0.909. The Morgan fingerprint density at radius 1 is 1.47 bits per heavy atom. The molecule has 1 unspecified atom stereocenters. The minimum Gasteiger partial charge on any atom is -0.324 e. The summed E-state index contributed by atoms with van der Waals surface area (Å²) in [5.41, 5.74) is 6.30. The first kappa shape index (κ1) is 12.1. The van der Waals surface area contributed by atoms with E-state index in [0.717, 1.165) is 4.90 Å². The van der Waals surface area contributed by atoms with Crippen molar-refractivity contribution in [3.05, 3.63) is 35.9 Å². The second-order valence-electron chi connectivity index (χ2n) is 3.71. The maximum Gasteiger partial charge on any atom is 0.190 e. The third-order valence-corrected chi connectivity index (χ3v) is 3.47. The molecule has 6 heteroatoms. The second kappa shape index (κ2) is 4.85. The van der Waals surface area contributed by atoms with Crippen molar-refractivity contribution in [3.8, 4) is 0 Å². The number of hydrogen-bond donors (Lipinski definition) is 1. The molecule has 0 saturated carbocycles. The predicted molar refractivity (Wildman–Crippen MR) is 64.1 cm³/mol. The molecule has 4 nitrogen and oxygen atoms in total. The Morgan fingerprint density at radius 2 is 2.24 bits per heavy atom. The van der Waals surface area contributed by atoms with Gasteiger partial charge in [0.1, 0.15) is 12.1 Å². The van der Waals surface area contributed by atoms with Crippen LogP contribution in [0.3, 0.4) is 0 Å². The number of nitrogens with two attached hydrogens (primary N) is 1. The van der Waals surface area contributed by atoms with Crippen LogP contribution < -0.4 is 5.73 Å². The Morgan fingerprint density at radius 3 is 2.82 bits per heavy atom.